The molecule has 3 rings (SSSR count). The monoisotopic (exact) mass is 391 g/mol. The Morgan fingerprint density at radius 3 is 3.00 bits per heavy atom. The molecule has 0 saturated heterocycles. The standard InChI is InChI=1S/C19H25N3O2S2/c1-5-8-22-18(24)16-13-7-6-12(4)9-14(13)26-17(16)21-19(22)25-10-15(23)20-11(2)3/h5,11-12H,1,6-10H2,2-4H3,(H,20,23)/t12-/m1/s1. The van der Waals surface area contributed by atoms with E-state index in [1.54, 1.807) is 22.0 Å². The van der Waals surface area contributed by atoms with Crippen LogP contribution in [0.3, 0.4) is 0 Å². The number of carbonyl (C=O) groups excluding carboxylic acids is 1. The normalized spacial score (nSPS) is 16.7. The minimum absolute atomic E-state index is 0.00581. The Bertz CT molecular complexity index is 898. The summed E-state index contributed by atoms with van der Waals surface area (Å²) in [6, 6.07) is 0.0971. The van der Waals surface area contributed by atoms with Gasteiger partial charge >= 0.3 is 0 Å². The number of thiophene rings is 1. The molecule has 0 aromatic carbocycles. The van der Waals surface area contributed by atoms with Crippen LogP contribution in [0.1, 0.15) is 37.6 Å². The van der Waals surface area contributed by atoms with Gasteiger partial charge in [0.1, 0.15) is 4.83 Å². The molecular formula is C19H25N3O2S2. The fourth-order valence-corrected chi connectivity index (χ4v) is 5.54. The zero-order chi connectivity index (χ0) is 18.8. The molecule has 1 N–H and O–H groups in total. The number of hydrogen-bond donors (Lipinski definition) is 1. The summed E-state index contributed by atoms with van der Waals surface area (Å²) in [5, 5.41) is 4.23. The number of fused-ring (bicyclic) bond motifs is 3. The van der Waals surface area contributed by atoms with E-state index in [2.05, 4.69) is 18.8 Å². The van der Waals surface area contributed by atoms with E-state index < -0.39 is 0 Å². The quantitative estimate of drug-likeness (QED) is 0.466. The second-order valence-electron chi connectivity index (χ2n) is 7.14. The molecule has 26 heavy (non-hydrogen) atoms. The number of rotatable bonds is 6. The van der Waals surface area contributed by atoms with Gasteiger partial charge in [-0.1, -0.05) is 24.8 Å². The zero-order valence-corrected chi connectivity index (χ0v) is 17.1. The van der Waals surface area contributed by atoms with Crippen molar-refractivity contribution < 1.29 is 4.79 Å². The van der Waals surface area contributed by atoms with E-state index in [9.17, 15) is 9.59 Å². The number of carbonyl (C=O) groups is 1. The lowest BCUT2D eigenvalue weighted by atomic mass is 9.89. The topological polar surface area (TPSA) is 64.0 Å². The Morgan fingerprint density at radius 1 is 1.54 bits per heavy atom. The molecule has 7 heteroatoms. The SMILES string of the molecule is C=CCn1c(SCC(=O)NC(C)C)nc2sc3c(c2c1=O)CC[C@@H](C)C3. The molecule has 2 aromatic rings. The predicted molar refractivity (Wildman–Crippen MR) is 109 cm³/mol. The third-order valence-corrected chi connectivity index (χ3v) is 6.60. The van der Waals surface area contributed by atoms with Crippen molar-refractivity contribution in [2.24, 2.45) is 5.92 Å². The fraction of sp³-hybridized carbons (Fsp3) is 0.526. The van der Waals surface area contributed by atoms with Gasteiger partial charge in [0, 0.05) is 17.5 Å². The van der Waals surface area contributed by atoms with Crippen LogP contribution in [0.25, 0.3) is 10.2 Å². The number of hydrogen-bond acceptors (Lipinski definition) is 5. The van der Waals surface area contributed by atoms with Gasteiger partial charge < -0.3 is 5.32 Å². The first-order valence-corrected chi connectivity index (χ1v) is 10.8. The molecule has 0 saturated carbocycles. The van der Waals surface area contributed by atoms with Gasteiger partial charge in [-0.05, 0) is 44.6 Å². The van der Waals surface area contributed by atoms with E-state index in [-0.39, 0.29) is 23.3 Å². The summed E-state index contributed by atoms with van der Waals surface area (Å²) in [5.74, 6) is 0.846. The maximum absolute atomic E-state index is 13.1. The van der Waals surface area contributed by atoms with Crippen molar-refractivity contribution in [2.75, 3.05) is 5.75 Å². The van der Waals surface area contributed by atoms with Crippen LogP contribution in [0.15, 0.2) is 22.6 Å². The average molecular weight is 392 g/mol. The lowest BCUT2D eigenvalue weighted by Gasteiger charge is -2.17. The van der Waals surface area contributed by atoms with E-state index in [0.29, 0.717) is 17.6 Å². The number of nitrogens with one attached hydrogen (secondary N) is 1. The number of allylic oxidation sites excluding steroid dienone is 1. The van der Waals surface area contributed by atoms with Gasteiger partial charge in [0.25, 0.3) is 5.56 Å². The van der Waals surface area contributed by atoms with Crippen molar-refractivity contribution in [3.8, 4) is 0 Å². The second-order valence-corrected chi connectivity index (χ2v) is 9.17. The summed E-state index contributed by atoms with van der Waals surface area (Å²) in [7, 11) is 0. The second kappa shape index (κ2) is 7.96. The molecule has 1 atom stereocenters. The van der Waals surface area contributed by atoms with Gasteiger partial charge in [0.05, 0.1) is 11.1 Å². The predicted octanol–water partition coefficient (Wildman–Crippen LogP) is 3.39. The van der Waals surface area contributed by atoms with Crippen LogP contribution in [-0.2, 0) is 24.2 Å². The fourth-order valence-electron chi connectivity index (χ4n) is 3.30. The molecule has 0 bridgehead atoms. The minimum Gasteiger partial charge on any atom is -0.353 e. The molecule has 2 heterocycles. The molecule has 1 aliphatic rings. The maximum Gasteiger partial charge on any atom is 0.263 e. The maximum atomic E-state index is 13.1. The van der Waals surface area contributed by atoms with Crippen molar-refractivity contribution in [3.05, 3.63) is 33.4 Å². The van der Waals surface area contributed by atoms with Gasteiger partial charge in [0.2, 0.25) is 5.91 Å². The Hall–Kier alpha value is -1.60. The molecule has 0 unspecified atom stereocenters. The van der Waals surface area contributed by atoms with Gasteiger partial charge in [-0.3, -0.25) is 14.2 Å². The van der Waals surface area contributed by atoms with E-state index in [4.69, 9.17) is 4.98 Å². The van der Waals surface area contributed by atoms with Crippen LogP contribution in [0.2, 0.25) is 0 Å². The number of amides is 1. The van der Waals surface area contributed by atoms with Crippen LogP contribution in [0.5, 0.6) is 0 Å². The number of aromatic nitrogens is 2. The highest BCUT2D eigenvalue weighted by molar-refractivity contribution is 7.99. The van der Waals surface area contributed by atoms with E-state index in [0.717, 1.165) is 29.5 Å². The Labute approximate surface area is 161 Å². The van der Waals surface area contributed by atoms with Crippen LogP contribution in [-0.4, -0.2) is 27.3 Å². The smallest absolute Gasteiger partial charge is 0.263 e. The highest BCUT2D eigenvalue weighted by atomic mass is 32.2. The first-order valence-electron chi connectivity index (χ1n) is 8.98. The van der Waals surface area contributed by atoms with Crippen LogP contribution >= 0.6 is 23.1 Å². The van der Waals surface area contributed by atoms with Crippen molar-refractivity contribution in [1.29, 1.82) is 0 Å². The van der Waals surface area contributed by atoms with Crippen molar-refractivity contribution >= 4 is 39.2 Å². The first-order chi connectivity index (χ1) is 12.4. The van der Waals surface area contributed by atoms with Crippen molar-refractivity contribution in [3.63, 3.8) is 0 Å². The number of aryl methyl sites for hydroxylation is 1. The lowest BCUT2D eigenvalue weighted by molar-refractivity contribution is -0.119. The summed E-state index contributed by atoms with van der Waals surface area (Å²) >= 11 is 2.95. The van der Waals surface area contributed by atoms with Crippen LogP contribution in [0, 0.1) is 5.92 Å². The summed E-state index contributed by atoms with van der Waals surface area (Å²) in [6.07, 6.45) is 4.79. The number of nitrogens with zero attached hydrogens (tertiary/aromatic N) is 2. The molecular weight excluding hydrogens is 366 g/mol. The van der Waals surface area contributed by atoms with Gasteiger partial charge in [-0.2, -0.15) is 0 Å². The van der Waals surface area contributed by atoms with Gasteiger partial charge in [-0.25, -0.2) is 4.98 Å². The van der Waals surface area contributed by atoms with Gasteiger partial charge in [0.15, 0.2) is 5.16 Å². The molecule has 5 nitrogen and oxygen atoms in total. The Kier molecular flexibility index (Phi) is 5.87. The molecule has 140 valence electrons. The number of thioether (sulfide) groups is 1. The molecule has 1 aliphatic carbocycles. The van der Waals surface area contributed by atoms with Crippen molar-refractivity contribution in [1.82, 2.24) is 14.9 Å². The van der Waals surface area contributed by atoms with Gasteiger partial charge in [-0.15, -0.1) is 17.9 Å². The highest BCUT2D eigenvalue weighted by Crippen LogP contribution is 2.36. The van der Waals surface area contributed by atoms with Crippen LogP contribution in [0.4, 0.5) is 0 Å². The van der Waals surface area contributed by atoms with Crippen LogP contribution < -0.4 is 10.9 Å². The average Bonchev–Trinajstić information content (AvgIpc) is 2.92. The van der Waals surface area contributed by atoms with E-state index >= 15 is 0 Å². The molecule has 2 aromatic heterocycles. The zero-order valence-electron chi connectivity index (χ0n) is 15.5. The largest absolute Gasteiger partial charge is 0.353 e. The molecule has 1 amide bonds. The Balaban J connectivity index is 2.00. The lowest BCUT2D eigenvalue weighted by Crippen LogP contribution is -2.32. The molecule has 0 radical (unpaired) electrons. The first kappa shape index (κ1) is 19.2. The summed E-state index contributed by atoms with van der Waals surface area (Å²) in [4.78, 5) is 32.0. The minimum atomic E-state index is -0.0520. The van der Waals surface area contributed by atoms with E-state index in [1.807, 2.05) is 13.8 Å². The highest BCUT2D eigenvalue weighted by Gasteiger charge is 2.24. The third-order valence-electron chi connectivity index (χ3n) is 4.47. The molecule has 0 aliphatic heterocycles. The molecule has 0 fully saturated rings. The summed E-state index contributed by atoms with van der Waals surface area (Å²) in [6.45, 7) is 10.3. The molecule has 0 spiro atoms. The van der Waals surface area contributed by atoms with Crippen molar-refractivity contribution in [2.45, 2.75) is 57.8 Å². The summed E-state index contributed by atoms with van der Waals surface area (Å²) in [5.41, 5.74) is 1.18. The summed E-state index contributed by atoms with van der Waals surface area (Å²) < 4.78 is 1.65. The third kappa shape index (κ3) is 3.88. The van der Waals surface area contributed by atoms with E-state index in [1.165, 1.54) is 22.2 Å². The Morgan fingerprint density at radius 2 is 2.31 bits per heavy atom.